The minimum atomic E-state index is 0.354. The van der Waals surface area contributed by atoms with Gasteiger partial charge < -0.3 is 5.73 Å². The van der Waals surface area contributed by atoms with E-state index in [1.165, 1.54) is 31.2 Å². The van der Waals surface area contributed by atoms with Crippen LogP contribution in [0.25, 0.3) is 0 Å². The van der Waals surface area contributed by atoms with Crippen molar-refractivity contribution in [1.29, 1.82) is 0 Å². The van der Waals surface area contributed by atoms with Crippen LogP contribution in [0, 0.1) is 5.92 Å². The Morgan fingerprint density at radius 1 is 1.25 bits per heavy atom. The van der Waals surface area contributed by atoms with Crippen LogP contribution in [0.4, 0.5) is 0 Å². The van der Waals surface area contributed by atoms with Gasteiger partial charge in [-0.05, 0) is 41.7 Å². The average molecular weight is 215 g/mol. The lowest BCUT2D eigenvalue weighted by Crippen LogP contribution is -2.50. The van der Waals surface area contributed by atoms with E-state index in [1.54, 1.807) is 5.56 Å². The molecule has 3 atom stereocenters. The van der Waals surface area contributed by atoms with E-state index in [4.69, 9.17) is 5.73 Å². The van der Waals surface area contributed by atoms with Crippen molar-refractivity contribution in [2.24, 2.45) is 11.7 Å². The minimum absolute atomic E-state index is 0.354. The Bertz CT molecular complexity index is 398. The first-order valence-corrected chi connectivity index (χ1v) is 6.56. The summed E-state index contributed by atoms with van der Waals surface area (Å²) in [5, 5.41) is 0. The number of hydrogen-bond donors (Lipinski definition) is 1. The standard InChI is InChI=1S/C15H21N/c1-15-9-5-4-8-13(15)14(16)10-11-6-2-3-7-12(11)15/h2-3,6-7,13-14H,4-5,8-10,16H2,1H3/t13-,14+,15-/m1/s1. The van der Waals surface area contributed by atoms with Gasteiger partial charge in [-0.15, -0.1) is 0 Å². The molecule has 0 saturated heterocycles. The predicted molar refractivity (Wildman–Crippen MR) is 67.4 cm³/mol. The number of nitrogens with two attached hydrogens (primary N) is 1. The summed E-state index contributed by atoms with van der Waals surface area (Å²) >= 11 is 0. The molecule has 0 radical (unpaired) electrons. The van der Waals surface area contributed by atoms with E-state index >= 15 is 0 Å². The summed E-state index contributed by atoms with van der Waals surface area (Å²) in [5.74, 6) is 0.705. The molecule has 0 heterocycles. The summed E-state index contributed by atoms with van der Waals surface area (Å²) in [7, 11) is 0. The molecule has 2 N–H and O–H groups in total. The molecular formula is C15H21N. The van der Waals surface area contributed by atoms with Crippen LogP contribution in [0.5, 0.6) is 0 Å². The molecule has 0 aromatic heterocycles. The molecule has 2 aliphatic carbocycles. The average Bonchev–Trinajstić information content (AvgIpc) is 2.29. The molecule has 1 nitrogen and oxygen atoms in total. The van der Waals surface area contributed by atoms with Crippen molar-refractivity contribution in [3.05, 3.63) is 35.4 Å². The Morgan fingerprint density at radius 2 is 2.06 bits per heavy atom. The third-order valence-corrected chi connectivity index (χ3v) is 4.88. The van der Waals surface area contributed by atoms with Gasteiger partial charge in [-0.1, -0.05) is 44.0 Å². The van der Waals surface area contributed by atoms with Crippen molar-refractivity contribution in [3.8, 4) is 0 Å². The molecule has 1 saturated carbocycles. The molecular weight excluding hydrogens is 194 g/mol. The van der Waals surface area contributed by atoms with E-state index < -0.39 is 0 Å². The molecule has 86 valence electrons. The lowest BCUT2D eigenvalue weighted by molar-refractivity contribution is 0.156. The highest BCUT2D eigenvalue weighted by atomic mass is 14.7. The molecule has 1 fully saturated rings. The number of rotatable bonds is 0. The summed E-state index contributed by atoms with van der Waals surface area (Å²) in [6.45, 7) is 2.44. The van der Waals surface area contributed by atoms with Gasteiger partial charge >= 0.3 is 0 Å². The van der Waals surface area contributed by atoms with Crippen LogP contribution in [-0.4, -0.2) is 6.04 Å². The van der Waals surface area contributed by atoms with Crippen LogP contribution < -0.4 is 5.73 Å². The minimum Gasteiger partial charge on any atom is -0.327 e. The molecule has 0 bridgehead atoms. The first-order chi connectivity index (χ1) is 7.72. The normalized spacial score (nSPS) is 37.6. The Kier molecular flexibility index (Phi) is 2.32. The lowest BCUT2D eigenvalue weighted by Gasteiger charge is -2.49. The van der Waals surface area contributed by atoms with E-state index in [9.17, 15) is 0 Å². The molecule has 2 aliphatic rings. The fourth-order valence-electron chi connectivity index (χ4n) is 4.03. The maximum Gasteiger partial charge on any atom is 0.0116 e. The van der Waals surface area contributed by atoms with Gasteiger partial charge in [-0.3, -0.25) is 0 Å². The van der Waals surface area contributed by atoms with Crippen molar-refractivity contribution >= 4 is 0 Å². The molecule has 0 aliphatic heterocycles. The predicted octanol–water partition coefficient (Wildman–Crippen LogP) is 3.02. The quantitative estimate of drug-likeness (QED) is 0.707. The summed E-state index contributed by atoms with van der Waals surface area (Å²) in [6.07, 6.45) is 6.47. The Balaban J connectivity index is 2.12. The second kappa shape index (κ2) is 3.59. The fourth-order valence-corrected chi connectivity index (χ4v) is 4.03. The van der Waals surface area contributed by atoms with Gasteiger partial charge in [-0.2, -0.15) is 0 Å². The number of hydrogen-bond acceptors (Lipinski definition) is 1. The van der Waals surface area contributed by atoms with Gasteiger partial charge in [0.25, 0.3) is 0 Å². The van der Waals surface area contributed by atoms with Crippen LogP contribution in [-0.2, 0) is 11.8 Å². The zero-order chi connectivity index (χ0) is 11.2. The van der Waals surface area contributed by atoms with Gasteiger partial charge in [0.15, 0.2) is 0 Å². The lowest BCUT2D eigenvalue weighted by atomic mass is 9.57. The zero-order valence-electron chi connectivity index (χ0n) is 10.1. The smallest absolute Gasteiger partial charge is 0.0116 e. The highest BCUT2D eigenvalue weighted by Crippen LogP contribution is 2.49. The van der Waals surface area contributed by atoms with Crippen LogP contribution in [0.15, 0.2) is 24.3 Å². The Labute approximate surface area is 98.0 Å². The maximum atomic E-state index is 6.39. The molecule has 0 amide bonds. The third kappa shape index (κ3) is 1.34. The third-order valence-electron chi connectivity index (χ3n) is 4.88. The highest BCUT2D eigenvalue weighted by molar-refractivity contribution is 5.39. The largest absolute Gasteiger partial charge is 0.327 e. The van der Waals surface area contributed by atoms with Crippen molar-refractivity contribution in [2.45, 2.75) is 50.5 Å². The first kappa shape index (κ1) is 10.3. The van der Waals surface area contributed by atoms with Crippen molar-refractivity contribution in [1.82, 2.24) is 0 Å². The van der Waals surface area contributed by atoms with E-state index in [0.29, 0.717) is 17.4 Å². The molecule has 1 aromatic carbocycles. The fraction of sp³-hybridized carbons (Fsp3) is 0.600. The monoisotopic (exact) mass is 215 g/mol. The molecule has 3 rings (SSSR count). The molecule has 1 aromatic rings. The van der Waals surface area contributed by atoms with Gasteiger partial charge in [0.1, 0.15) is 0 Å². The van der Waals surface area contributed by atoms with Gasteiger partial charge in [0.05, 0.1) is 0 Å². The second-order valence-corrected chi connectivity index (χ2v) is 5.79. The molecule has 1 heteroatoms. The SMILES string of the molecule is C[C@]12CCCC[C@@H]1[C@@H](N)Cc1ccccc12. The van der Waals surface area contributed by atoms with E-state index in [2.05, 4.69) is 31.2 Å². The van der Waals surface area contributed by atoms with E-state index in [1.807, 2.05) is 0 Å². The van der Waals surface area contributed by atoms with Gasteiger partial charge in [-0.25, -0.2) is 0 Å². The van der Waals surface area contributed by atoms with Crippen LogP contribution in [0.2, 0.25) is 0 Å². The Morgan fingerprint density at radius 3 is 2.94 bits per heavy atom. The van der Waals surface area contributed by atoms with Crippen molar-refractivity contribution in [3.63, 3.8) is 0 Å². The van der Waals surface area contributed by atoms with E-state index in [0.717, 1.165) is 6.42 Å². The van der Waals surface area contributed by atoms with Crippen LogP contribution >= 0.6 is 0 Å². The summed E-state index contributed by atoms with van der Waals surface area (Å²) < 4.78 is 0. The second-order valence-electron chi connectivity index (χ2n) is 5.79. The molecule has 16 heavy (non-hydrogen) atoms. The first-order valence-electron chi connectivity index (χ1n) is 6.56. The number of fused-ring (bicyclic) bond motifs is 3. The molecule has 0 unspecified atom stereocenters. The highest BCUT2D eigenvalue weighted by Gasteiger charge is 2.44. The van der Waals surface area contributed by atoms with Crippen LogP contribution in [0.1, 0.15) is 43.7 Å². The van der Waals surface area contributed by atoms with Crippen molar-refractivity contribution < 1.29 is 0 Å². The maximum absolute atomic E-state index is 6.39. The summed E-state index contributed by atoms with van der Waals surface area (Å²) in [4.78, 5) is 0. The Hall–Kier alpha value is -0.820. The van der Waals surface area contributed by atoms with Crippen LogP contribution in [0.3, 0.4) is 0 Å². The van der Waals surface area contributed by atoms with Gasteiger partial charge in [0.2, 0.25) is 0 Å². The van der Waals surface area contributed by atoms with Crippen molar-refractivity contribution in [2.75, 3.05) is 0 Å². The van der Waals surface area contributed by atoms with E-state index in [-0.39, 0.29) is 0 Å². The summed E-state index contributed by atoms with van der Waals surface area (Å²) in [5.41, 5.74) is 9.82. The number of benzene rings is 1. The van der Waals surface area contributed by atoms with Gasteiger partial charge in [0, 0.05) is 6.04 Å². The molecule has 0 spiro atoms. The topological polar surface area (TPSA) is 26.0 Å². The zero-order valence-corrected chi connectivity index (χ0v) is 10.1. The summed E-state index contributed by atoms with van der Waals surface area (Å²) in [6, 6.07) is 9.32.